The first-order chi connectivity index (χ1) is 9.59. The van der Waals surface area contributed by atoms with Gasteiger partial charge in [-0.1, -0.05) is 30.3 Å². The van der Waals surface area contributed by atoms with Crippen LogP contribution in [0.5, 0.6) is 0 Å². The van der Waals surface area contributed by atoms with E-state index >= 15 is 0 Å². The summed E-state index contributed by atoms with van der Waals surface area (Å²) in [6, 6.07) is 9.78. The van der Waals surface area contributed by atoms with Crippen LogP contribution in [0.4, 0.5) is 0 Å². The van der Waals surface area contributed by atoms with Gasteiger partial charge in [0.15, 0.2) is 18.4 Å². The van der Waals surface area contributed by atoms with Crippen molar-refractivity contribution in [3.05, 3.63) is 35.9 Å². The highest BCUT2D eigenvalue weighted by molar-refractivity contribution is 5.58. The summed E-state index contributed by atoms with van der Waals surface area (Å²) in [6.07, 6.45) is -1.26. The summed E-state index contributed by atoms with van der Waals surface area (Å²) in [7, 11) is 0. The zero-order valence-corrected chi connectivity index (χ0v) is 11.5. The molecule has 0 aliphatic carbocycles. The number of carbonyl (C=O) groups excluding carboxylic acids is 1. The maximum atomic E-state index is 11.1. The molecule has 4 atom stereocenters. The monoisotopic (exact) mass is 278 g/mol. The predicted molar refractivity (Wildman–Crippen MR) is 69.8 cm³/mol. The van der Waals surface area contributed by atoms with Crippen LogP contribution >= 0.6 is 0 Å². The Labute approximate surface area is 117 Å². The normalized spacial score (nSPS) is 34.9. The molecule has 0 saturated carbocycles. The first-order valence-corrected chi connectivity index (χ1v) is 6.71. The van der Waals surface area contributed by atoms with Gasteiger partial charge in [-0.3, -0.25) is 0 Å². The fourth-order valence-electron chi connectivity index (χ4n) is 2.57. The molecule has 2 fully saturated rings. The van der Waals surface area contributed by atoms with E-state index in [0.717, 1.165) is 11.8 Å². The Morgan fingerprint density at radius 1 is 1.25 bits per heavy atom. The molecule has 5 nitrogen and oxygen atoms in total. The Hall–Kier alpha value is -1.27. The molecule has 0 spiro atoms. The second-order valence-corrected chi connectivity index (χ2v) is 5.47. The minimum atomic E-state index is -0.711. The average Bonchev–Trinajstić information content (AvgIpc) is 2.89. The molecule has 2 heterocycles. The molecule has 1 aromatic rings. The summed E-state index contributed by atoms with van der Waals surface area (Å²) >= 11 is 0. The Kier molecular flexibility index (Phi) is 3.60. The van der Waals surface area contributed by atoms with Gasteiger partial charge >= 0.3 is 0 Å². The summed E-state index contributed by atoms with van der Waals surface area (Å²) < 4.78 is 22.7. The first kappa shape index (κ1) is 13.7. The number of carbonyl (C=O) groups is 1. The van der Waals surface area contributed by atoms with Crippen molar-refractivity contribution >= 4 is 6.29 Å². The van der Waals surface area contributed by atoms with Crippen molar-refractivity contribution in [2.45, 2.75) is 50.8 Å². The van der Waals surface area contributed by atoms with Gasteiger partial charge in [0.2, 0.25) is 0 Å². The Balaban J connectivity index is 1.68. The molecule has 3 rings (SSSR count). The zero-order chi connectivity index (χ0) is 14.2. The number of rotatable bonds is 4. The minimum absolute atomic E-state index is 0.371. The molecule has 2 saturated heterocycles. The van der Waals surface area contributed by atoms with Crippen molar-refractivity contribution in [2.24, 2.45) is 0 Å². The molecule has 0 amide bonds. The first-order valence-electron chi connectivity index (χ1n) is 6.71. The smallest absolute Gasteiger partial charge is 0.190 e. The average molecular weight is 278 g/mol. The topological polar surface area (TPSA) is 54.0 Å². The lowest BCUT2D eigenvalue weighted by atomic mass is 10.1. The third-order valence-electron chi connectivity index (χ3n) is 3.45. The molecular formula is C15H18O5. The van der Waals surface area contributed by atoms with Gasteiger partial charge in [-0.25, -0.2) is 0 Å². The lowest BCUT2D eigenvalue weighted by molar-refractivity contribution is -0.216. The number of benzene rings is 1. The van der Waals surface area contributed by atoms with E-state index in [9.17, 15) is 4.79 Å². The van der Waals surface area contributed by atoms with Gasteiger partial charge < -0.3 is 23.7 Å². The Bertz CT molecular complexity index is 472. The van der Waals surface area contributed by atoms with Crippen LogP contribution in [-0.4, -0.2) is 36.7 Å². The van der Waals surface area contributed by atoms with E-state index in [2.05, 4.69) is 0 Å². The summed E-state index contributed by atoms with van der Waals surface area (Å²) in [5.74, 6) is -0.711. The van der Waals surface area contributed by atoms with E-state index < -0.39 is 24.3 Å². The minimum Gasteiger partial charge on any atom is -0.367 e. The lowest BCUT2D eigenvalue weighted by Gasteiger charge is -2.23. The highest BCUT2D eigenvalue weighted by Crippen LogP contribution is 2.38. The van der Waals surface area contributed by atoms with E-state index in [1.165, 1.54) is 0 Å². The van der Waals surface area contributed by atoms with E-state index in [0.29, 0.717) is 6.61 Å². The van der Waals surface area contributed by atoms with Crippen LogP contribution in [0.3, 0.4) is 0 Å². The fourth-order valence-corrected chi connectivity index (χ4v) is 2.57. The maximum Gasteiger partial charge on any atom is 0.190 e. The summed E-state index contributed by atoms with van der Waals surface area (Å²) in [5, 5.41) is 0. The van der Waals surface area contributed by atoms with Gasteiger partial charge in [-0.2, -0.15) is 0 Å². The van der Waals surface area contributed by atoms with Crippen molar-refractivity contribution in [1.82, 2.24) is 0 Å². The number of ether oxygens (including phenoxy) is 4. The van der Waals surface area contributed by atoms with E-state index in [4.69, 9.17) is 18.9 Å². The largest absolute Gasteiger partial charge is 0.367 e. The lowest BCUT2D eigenvalue weighted by Crippen LogP contribution is -2.37. The molecule has 20 heavy (non-hydrogen) atoms. The SMILES string of the molecule is CC1(C)O[C@H]2O[C@H](C=O)[C@H](OCc3ccccc3)[C@@H]2O1. The van der Waals surface area contributed by atoms with E-state index in [1.54, 1.807) is 0 Å². The van der Waals surface area contributed by atoms with Crippen molar-refractivity contribution in [2.75, 3.05) is 0 Å². The van der Waals surface area contributed by atoms with Gasteiger partial charge in [0.25, 0.3) is 0 Å². The summed E-state index contributed by atoms with van der Waals surface area (Å²) in [6.45, 7) is 4.05. The Morgan fingerprint density at radius 3 is 2.70 bits per heavy atom. The van der Waals surface area contributed by atoms with Crippen LogP contribution in [0.2, 0.25) is 0 Å². The zero-order valence-electron chi connectivity index (χ0n) is 11.5. The van der Waals surface area contributed by atoms with Crippen LogP contribution in [-0.2, 0) is 30.3 Å². The van der Waals surface area contributed by atoms with Crippen molar-refractivity contribution in [3.63, 3.8) is 0 Å². The molecule has 0 unspecified atom stereocenters. The molecule has 108 valence electrons. The molecule has 0 aromatic heterocycles. The molecule has 2 aliphatic heterocycles. The quantitative estimate of drug-likeness (QED) is 0.784. The summed E-state index contributed by atoms with van der Waals surface area (Å²) in [5.41, 5.74) is 1.04. The highest BCUT2D eigenvalue weighted by Gasteiger charge is 2.55. The standard InChI is InChI=1S/C15H18O5/c1-15(2)19-13-12(11(8-16)18-14(13)20-15)17-9-10-6-4-3-5-7-10/h3-8,11-14H,9H2,1-2H3/t11-,12+,13+,14-/m1/s1. The second kappa shape index (κ2) is 5.26. The van der Waals surface area contributed by atoms with E-state index in [-0.39, 0.29) is 6.10 Å². The third kappa shape index (κ3) is 2.62. The van der Waals surface area contributed by atoms with Crippen LogP contribution < -0.4 is 0 Å². The second-order valence-electron chi connectivity index (χ2n) is 5.47. The van der Waals surface area contributed by atoms with Crippen LogP contribution in [0.1, 0.15) is 19.4 Å². The van der Waals surface area contributed by atoms with Crippen molar-refractivity contribution in [1.29, 1.82) is 0 Å². The maximum absolute atomic E-state index is 11.1. The summed E-state index contributed by atoms with van der Waals surface area (Å²) in [4.78, 5) is 11.1. The fraction of sp³-hybridized carbons (Fsp3) is 0.533. The highest BCUT2D eigenvalue weighted by atomic mass is 16.8. The van der Waals surface area contributed by atoms with Crippen LogP contribution in [0.25, 0.3) is 0 Å². The number of hydrogen-bond acceptors (Lipinski definition) is 5. The van der Waals surface area contributed by atoms with E-state index in [1.807, 2.05) is 44.2 Å². The van der Waals surface area contributed by atoms with Gasteiger partial charge in [-0.15, -0.1) is 0 Å². The number of fused-ring (bicyclic) bond motifs is 1. The van der Waals surface area contributed by atoms with Gasteiger partial charge in [-0.05, 0) is 19.4 Å². The molecule has 5 heteroatoms. The molecule has 0 radical (unpaired) electrons. The van der Waals surface area contributed by atoms with Gasteiger partial charge in [0.1, 0.15) is 18.3 Å². The van der Waals surface area contributed by atoms with Crippen LogP contribution in [0.15, 0.2) is 30.3 Å². The molecule has 0 N–H and O–H groups in total. The van der Waals surface area contributed by atoms with Gasteiger partial charge in [0.05, 0.1) is 6.61 Å². The molecular weight excluding hydrogens is 260 g/mol. The van der Waals surface area contributed by atoms with Crippen molar-refractivity contribution < 1.29 is 23.7 Å². The molecule has 1 aromatic carbocycles. The van der Waals surface area contributed by atoms with Crippen molar-refractivity contribution in [3.8, 4) is 0 Å². The van der Waals surface area contributed by atoms with Crippen LogP contribution in [0, 0.1) is 0 Å². The number of hydrogen-bond donors (Lipinski definition) is 0. The number of aldehydes is 1. The third-order valence-corrected chi connectivity index (χ3v) is 3.45. The van der Waals surface area contributed by atoms with Gasteiger partial charge in [0, 0.05) is 0 Å². The molecule has 0 bridgehead atoms. The predicted octanol–water partition coefficient (Wildman–Crippen LogP) is 1.65. The Morgan fingerprint density at radius 2 is 2.00 bits per heavy atom. The molecule has 2 aliphatic rings.